The fourth-order valence-corrected chi connectivity index (χ4v) is 6.23. The van der Waals surface area contributed by atoms with Crippen molar-refractivity contribution in [2.45, 2.75) is 69.2 Å². The lowest BCUT2D eigenvalue weighted by Crippen LogP contribution is -2.48. The summed E-state index contributed by atoms with van der Waals surface area (Å²) >= 11 is 1.84. The Morgan fingerprint density at radius 3 is 2.52 bits per heavy atom. The number of hydrogen-bond acceptors (Lipinski definition) is 5. The van der Waals surface area contributed by atoms with Gasteiger partial charge in [0.25, 0.3) is 0 Å². The molecule has 4 rings (SSSR count). The van der Waals surface area contributed by atoms with E-state index in [2.05, 4.69) is 80.9 Å². The first kappa shape index (κ1) is 20.3. The molecule has 0 bridgehead atoms. The summed E-state index contributed by atoms with van der Waals surface area (Å²) in [5.41, 5.74) is 13.8. The summed E-state index contributed by atoms with van der Waals surface area (Å²) in [7, 11) is 0. The average molecular weight is 411 g/mol. The van der Waals surface area contributed by atoms with Crippen LogP contribution in [0.25, 0.3) is 0 Å². The molecule has 2 aliphatic heterocycles. The van der Waals surface area contributed by atoms with Crippen LogP contribution < -0.4 is 20.9 Å². The van der Waals surface area contributed by atoms with Crippen LogP contribution in [0.1, 0.15) is 59.4 Å². The molecule has 5 heteroatoms. The Bertz CT molecular complexity index is 933. The minimum atomic E-state index is 0.181. The van der Waals surface area contributed by atoms with Crippen molar-refractivity contribution in [2.75, 3.05) is 40.5 Å². The molecule has 2 aromatic rings. The quantitative estimate of drug-likeness (QED) is 0.485. The molecule has 2 aromatic carbocycles. The predicted molar refractivity (Wildman–Crippen MR) is 128 cm³/mol. The lowest BCUT2D eigenvalue weighted by atomic mass is 9.80. The van der Waals surface area contributed by atoms with Gasteiger partial charge in [-0.1, -0.05) is 18.7 Å². The molecule has 0 aromatic heterocycles. The Morgan fingerprint density at radius 1 is 1.14 bits per heavy atom. The highest BCUT2D eigenvalue weighted by atomic mass is 32.2. The van der Waals surface area contributed by atoms with E-state index in [9.17, 15) is 0 Å². The molecule has 0 spiro atoms. The van der Waals surface area contributed by atoms with Crippen LogP contribution in [0, 0.1) is 0 Å². The van der Waals surface area contributed by atoms with E-state index < -0.39 is 0 Å². The van der Waals surface area contributed by atoms with Crippen molar-refractivity contribution in [2.24, 2.45) is 0 Å². The minimum absolute atomic E-state index is 0.181. The van der Waals surface area contributed by atoms with Gasteiger partial charge < -0.3 is 20.9 Å². The first-order valence-electron chi connectivity index (χ1n) is 10.9. The summed E-state index contributed by atoms with van der Waals surface area (Å²) in [5.74, 6) is 0.545. The van der Waals surface area contributed by atoms with Crippen LogP contribution in [0.3, 0.4) is 0 Å². The molecule has 2 heterocycles. The Morgan fingerprint density at radius 2 is 1.86 bits per heavy atom. The molecular weight excluding hydrogens is 376 g/mol. The standard InChI is InChI=1S/C24H34N4S/c1-7-27(8-2)16-10-18(25)23-22(11-16)29-21-13-20-17(12-19(21)26-23)15(4)14-24(5,6)28(20)9-3/h10-13,15,26H,7-9,14,25H2,1-6H3. The number of rotatable bonds is 4. The summed E-state index contributed by atoms with van der Waals surface area (Å²) in [5, 5.41) is 3.65. The van der Waals surface area contributed by atoms with E-state index in [1.807, 2.05) is 11.8 Å². The topological polar surface area (TPSA) is 44.5 Å². The van der Waals surface area contributed by atoms with Crippen LogP contribution >= 0.6 is 11.8 Å². The highest BCUT2D eigenvalue weighted by molar-refractivity contribution is 7.99. The van der Waals surface area contributed by atoms with Crippen LogP contribution in [0.4, 0.5) is 28.4 Å². The maximum atomic E-state index is 6.48. The van der Waals surface area contributed by atoms with E-state index in [1.165, 1.54) is 38.8 Å². The van der Waals surface area contributed by atoms with Crippen molar-refractivity contribution >= 4 is 40.2 Å². The van der Waals surface area contributed by atoms with Gasteiger partial charge in [0.2, 0.25) is 0 Å². The van der Waals surface area contributed by atoms with Gasteiger partial charge in [-0.25, -0.2) is 0 Å². The van der Waals surface area contributed by atoms with Crippen LogP contribution in [-0.4, -0.2) is 25.2 Å². The predicted octanol–water partition coefficient (Wildman–Crippen LogP) is 6.44. The van der Waals surface area contributed by atoms with Gasteiger partial charge >= 0.3 is 0 Å². The third-order valence-corrected chi connectivity index (χ3v) is 7.63. The van der Waals surface area contributed by atoms with Crippen molar-refractivity contribution < 1.29 is 0 Å². The molecule has 4 nitrogen and oxygen atoms in total. The zero-order chi connectivity index (χ0) is 20.9. The molecule has 3 N–H and O–H groups in total. The number of nitrogen functional groups attached to an aromatic ring is 1. The number of benzene rings is 2. The van der Waals surface area contributed by atoms with Crippen molar-refractivity contribution in [3.8, 4) is 0 Å². The number of hydrogen-bond donors (Lipinski definition) is 2. The van der Waals surface area contributed by atoms with Gasteiger partial charge in [-0.2, -0.15) is 0 Å². The fourth-order valence-electron chi connectivity index (χ4n) is 5.15. The SMILES string of the molecule is CCN(CC)c1cc(N)c2c(c1)Sc1cc3c(cc1N2)C(C)CC(C)(C)N3CC. The Balaban J connectivity index is 1.78. The van der Waals surface area contributed by atoms with Crippen LogP contribution in [-0.2, 0) is 0 Å². The molecule has 156 valence electrons. The average Bonchev–Trinajstić information content (AvgIpc) is 2.66. The highest BCUT2D eigenvalue weighted by Crippen LogP contribution is 2.53. The Labute approximate surface area is 179 Å². The number of nitrogens with two attached hydrogens (primary N) is 1. The van der Waals surface area contributed by atoms with Crippen LogP contribution in [0.5, 0.6) is 0 Å². The van der Waals surface area contributed by atoms with Crippen LogP contribution in [0.15, 0.2) is 34.1 Å². The summed E-state index contributed by atoms with van der Waals surface area (Å²) in [6.07, 6.45) is 1.17. The fraction of sp³-hybridized carbons (Fsp3) is 0.500. The normalized spacial score (nSPS) is 19.1. The van der Waals surface area contributed by atoms with Gasteiger partial charge in [0.15, 0.2) is 0 Å². The zero-order valence-electron chi connectivity index (χ0n) is 18.6. The first-order valence-corrected chi connectivity index (χ1v) is 11.7. The summed E-state index contributed by atoms with van der Waals surface area (Å²) in [4.78, 5) is 7.42. The van der Waals surface area contributed by atoms with Crippen LogP contribution in [0.2, 0.25) is 0 Å². The Kier molecular flexibility index (Phi) is 5.14. The molecule has 0 aliphatic carbocycles. The van der Waals surface area contributed by atoms with Crippen molar-refractivity contribution in [3.05, 3.63) is 29.8 Å². The van der Waals surface area contributed by atoms with E-state index in [0.29, 0.717) is 5.92 Å². The zero-order valence-corrected chi connectivity index (χ0v) is 19.4. The van der Waals surface area contributed by atoms with Gasteiger partial charge in [-0.15, -0.1) is 0 Å². The van der Waals surface area contributed by atoms with E-state index in [0.717, 1.165) is 31.0 Å². The van der Waals surface area contributed by atoms with E-state index in [-0.39, 0.29) is 5.54 Å². The van der Waals surface area contributed by atoms with E-state index in [1.54, 1.807) is 0 Å². The molecule has 0 saturated carbocycles. The molecular formula is C24H34N4S. The van der Waals surface area contributed by atoms with Gasteiger partial charge in [-0.05, 0) is 76.8 Å². The van der Waals surface area contributed by atoms with Gasteiger partial charge in [0.1, 0.15) is 0 Å². The maximum Gasteiger partial charge on any atom is 0.0761 e. The third kappa shape index (κ3) is 3.33. The van der Waals surface area contributed by atoms with Crippen molar-refractivity contribution in [3.63, 3.8) is 0 Å². The molecule has 29 heavy (non-hydrogen) atoms. The molecule has 1 unspecified atom stereocenters. The van der Waals surface area contributed by atoms with Gasteiger partial charge in [-0.3, -0.25) is 0 Å². The highest BCUT2D eigenvalue weighted by Gasteiger charge is 2.36. The number of anilines is 5. The first-order chi connectivity index (χ1) is 13.8. The second-order valence-corrected chi connectivity index (χ2v) is 9.96. The van der Waals surface area contributed by atoms with Gasteiger partial charge in [0, 0.05) is 46.3 Å². The Hall–Kier alpha value is -2.01. The third-order valence-electron chi connectivity index (χ3n) is 6.53. The molecule has 1 atom stereocenters. The van der Waals surface area contributed by atoms with Gasteiger partial charge in [0.05, 0.1) is 17.1 Å². The van der Waals surface area contributed by atoms with E-state index in [4.69, 9.17) is 5.73 Å². The molecule has 2 aliphatic rings. The van der Waals surface area contributed by atoms with E-state index >= 15 is 0 Å². The summed E-state index contributed by atoms with van der Waals surface area (Å²) in [6.45, 7) is 16.7. The second-order valence-electron chi connectivity index (χ2n) is 8.88. The monoisotopic (exact) mass is 410 g/mol. The molecule has 0 radical (unpaired) electrons. The summed E-state index contributed by atoms with van der Waals surface area (Å²) in [6, 6.07) is 9.14. The lowest BCUT2D eigenvalue weighted by molar-refractivity contribution is 0.381. The molecule has 0 fully saturated rings. The molecule has 0 amide bonds. The molecule has 0 saturated heterocycles. The lowest BCUT2D eigenvalue weighted by Gasteiger charge is -2.47. The second kappa shape index (κ2) is 7.35. The number of nitrogens with zero attached hydrogens (tertiary/aromatic N) is 2. The van der Waals surface area contributed by atoms with Crippen molar-refractivity contribution in [1.29, 1.82) is 0 Å². The largest absolute Gasteiger partial charge is 0.397 e. The number of nitrogens with one attached hydrogen (secondary N) is 1. The minimum Gasteiger partial charge on any atom is -0.397 e. The smallest absolute Gasteiger partial charge is 0.0761 e. The number of fused-ring (bicyclic) bond motifs is 3. The maximum absolute atomic E-state index is 6.48. The van der Waals surface area contributed by atoms with Crippen molar-refractivity contribution in [1.82, 2.24) is 0 Å². The summed E-state index contributed by atoms with van der Waals surface area (Å²) < 4.78 is 0.